The number of nitrogens with zero attached hydrogens (tertiary/aromatic N) is 2. The predicted molar refractivity (Wildman–Crippen MR) is 75.4 cm³/mol. The van der Waals surface area contributed by atoms with Crippen molar-refractivity contribution in [3.8, 4) is 0 Å². The summed E-state index contributed by atoms with van der Waals surface area (Å²) in [5.41, 5.74) is 0. The van der Waals surface area contributed by atoms with E-state index in [-0.39, 0.29) is 0 Å². The fourth-order valence-corrected chi connectivity index (χ4v) is 3.27. The number of ether oxygens (including phenoxy) is 1. The molecule has 3 heterocycles. The largest absolute Gasteiger partial charge is 0.378 e. The molecule has 2 fully saturated rings. The highest BCUT2D eigenvalue weighted by molar-refractivity contribution is 4.91. The van der Waals surface area contributed by atoms with E-state index in [0.29, 0.717) is 12.0 Å². The first-order chi connectivity index (χ1) is 9.81. The molecule has 0 radical (unpaired) electrons. The lowest BCUT2D eigenvalue weighted by atomic mass is 9.85. The summed E-state index contributed by atoms with van der Waals surface area (Å²) in [5, 5.41) is 7.57. The molecule has 1 N–H and O–H groups in total. The molecule has 3 unspecified atom stereocenters. The molecule has 3 atom stereocenters. The molecule has 0 amide bonds. The fourth-order valence-electron chi connectivity index (χ4n) is 3.27. The highest BCUT2D eigenvalue weighted by Gasteiger charge is 2.23. The molecule has 3 rings (SSSR count). The van der Waals surface area contributed by atoms with Crippen LogP contribution in [-0.2, 0) is 17.6 Å². The summed E-state index contributed by atoms with van der Waals surface area (Å²) < 4.78 is 11.0. The Kier molecular flexibility index (Phi) is 4.68. The molecule has 0 aromatic carbocycles. The molecule has 0 bridgehead atoms. The van der Waals surface area contributed by atoms with E-state index >= 15 is 0 Å². The van der Waals surface area contributed by atoms with Gasteiger partial charge in [0.25, 0.3) is 0 Å². The van der Waals surface area contributed by atoms with Crippen molar-refractivity contribution in [3.63, 3.8) is 0 Å². The van der Waals surface area contributed by atoms with Gasteiger partial charge in [0.15, 0.2) is 5.82 Å². The van der Waals surface area contributed by atoms with Gasteiger partial charge in [-0.05, 0) is 50.6 Å². The van der Waals surface area contributed by atoms with Crippen LogP contribution in [0.4, 0.5) is 0 Å². The zero-order valence-corrected chi connectivity index (χ0v) is 12.3. The quantitative estimate of drug-likeness (QED) is 0.893. The minimum absolute atomic E-state index is 0.292. The van der Waals surface area contributed by atoms with Gasteiger partial charge < -0.3 is 14.6 Å². The van der Waals surface area contributed by atoms with Crippen molar-refractivity contribution in [1.82, 2.24) is 15.5 Å². The van der Waals surface area contributed by atoms with Crippen molar-refractivity contribution >= 4 is 0 Å². The average molecular weight is 279 g/mol. The van der Waals surface area contributed by atoms with Crippen LogP contribution in [0.1, 0.15) is 44.3 Å². The van der Waals surface area contributed by atoms with Crippen molar-refractivity contribution < 1.29 is 9.26 Å². The van der Waals surface area contributed by atoms with Crippen LogP contribution in [0.2, 0.25) is 0 Å². The van der Waals surface area contributed by atoms with E-state index in [4.69, 9.17) is 9.26 Å². The maximum atomic E-state index is 5.61. The van der Waals surface area contributed by atoms with Crippen LogP contribution in [0.25, 0.3) is 0 Å². The number of rotatable bonds is 5. The van der Waals surface area contributed by atoms with Gasteiger partial charge in [0.1, 0.15) is 0 Å². The number of nitrogens with one attached hydrogen (secondary N) is 1. The summed E-state index contributed by atoms with van der Waals surface area (Å²) in [4.78, 5) is 4.53. The lowest BCUT2D eigenvalue weighted by molar-refractivity contribution is 0.109. The fraction of sp³-hybridized carbons (Fsp3) is 0.867. The summed E-state index contributed by atoms with van der Waals surface area (Å²) in [7, 11) is 0. The van der Waals surface area contributed by atoms with Crippen LogP contribution in [0.15, 0.2) is 4.52 Å². The van der Waals surface area contributed by atoms with E-state index in [1.165, 1.54) is 12.8 Å². The highest BCUT2D eigenvalue weighted by atomic mass is 16.5. The lowest BCUT2D eigenvalue weighted by Gasteiger charge is -2.27. The maximum Gasteiger partial charge on any atom is 0.226 e. The van der Waals surface area contributed by atoms with E-state index in [1.807, 2.05) is 0 Å². The molecule has 112 valence electrons. The summed E-state index contributed by atoms with van der Waals surface area (Å²) in [6.45, 7) is 5.45. The van der Waals surface area contributed by atoms with Crippen LogP contribution in [0.5, 0.6) is 0 Å². The Balaban J connectivity index is 1.50. The molecule has 1 aromatic rings. The highest BCUT2D eigenvalue weighted by Crippen LogP contribution is 2.23. The van der Waals surface area contributed by atoms with Gasteiger partial charge in [0.2, 0.25) is 5.89 Å². The molecular weight excluding hydrogens is 254 g/mol. The average Bonchev–Trinajstić information content (AvgIpc) is 3.12. The third-order valence-corrected chi connectivity index (χ3v) is 4.58. The Morgan fingerprint density at radius 2 is 2.30 bits per heavy atom. The van der Waals surface area contributed by atoms with Gasteiger partial charge in [-0.1, -0.05) is 12.1 Å². The number of hydrogen-bond donors (Lipinski definition) is 1. The molecule has 0 spiro atoms. The molecule has 20 heavy (non-hydrogen) atoms. The van der Waals surface area contributed by atoms with E-state index in [1.54, 1.807) is 0 Å². The first kappa shape index (κ1) is 14.0. The topological polar surface area (TPSA) is 60.2 Å². The first-order valence-corrected chi connectivity index (χ1v) is 7.95. The van der Waals surface area contributed by atoms with Crippen LogP contribution >= 0.6 is 0 Å². The monoisotopic (exact) mass is 279 g/mol. The summed E-state index contributed by atoms with van der Waals surface area (Å²) in [6.07, 6.45) is 6.84. The van der Waals surface area contributed by atoms with E-state index < -0.39 is 0 Å². The van der Waals surface area contributed by atoms with Gasteiger partial charge in [0.05, 0.1) is 6.10 Å². The Morgan fingerprint density at radius 1 is 1.35 bits per heavy atom. The van der Waals surface area contributed by atoms with Gasteiger partial charge in [0, 0.05) is 19.4 Å². The maximum absolute atomic E-state index is 5.61. The standard InChI is InChI=1S/C15H25N3O2/c1-11(12-4-2-6-16-10-12)8-15-17-14(18-20-15)9-13-5-3-7-19-13/h11-13,16H,2-10H2,1H3. The van der Waals surface area contributed by atoms with Crippen LogP contribution in [0, 0.1) is 11.8 Å². The minimum Gasteiger partial charge on any atom is -0.378 e. The van der Waals surface area contributed by atoms with Crippen molar-refractivity contribution in [2.75, 3.05) is 19.7 Å². The Labute approximate surface area is 120 Å². The summed E-state index contributed by atoms with van der Waals surface area (Å²) >= 11 is 0. The number of aromatic nitrogens is 2. The normalized spacial score (nSPS) is 28.6. The Bertz CT molecular complexity index is 409. The number of hydrogen-bond acceptors (Lipinski definition) is 5. The van der Waals surface area contributed by atoms with E-state index in [0.717, 1.165) is 63.0 Å². The third kappa shape index (κ3) is 3.58. The molecule has 2 aliphatic rings. The molecule has 1 aromatic heterocycles. The van der Waals surface area contributed by atoms with E-state index in [9.17, 15) is 0 Å². The van der Waals surface area contributed by atoms with Gasteiger partial charge >= 0.3 is 0 Å². The second kappa shape index (κ2) is 6.68. The molecule has 0 saturated carbocycles. The summed E-state index contributed by atoms with van der Waals surface area (Å²) in [6, 6.07) is 0. The second-order valence-electron chi connectivity index (χ2n) is 6.23. The molecule has 2 aliphatic heterocycles. The third-order valence-electron chi connectivity index (χ3n) is 4.58. The Morgan fingerprint density at radius 3 is 3.05 bits per heavy atom. The SMILES string of the molecule is CC(Cc1nc(CC2CCCO2)no1)C1CCCNC1. The predicted octanol–water partition coefficient (Wildman–Crippen LogP) is 1.97. The zero-order valence-electron chi connectivity index (χ0n) is 12.3. The minimum atomic E-state index is 0.292. The lowest BCUT2D eigenvalue weighted by Crippen LogP contribution is -2.33. The van der Waals surface area contributed by atoms with Gasteiger partial charge in [-0.15, -0.1) is 0 Å². The van der Waals surface area contributed by atoms with E-state index in [2.05, 4.69) is 22.4 Å². The molecule has 5 heteroatoms. The summed E-state index contributed by atoms with van der Waals surface area (Å²) in [5.74, 6) is 2.92. The second-order valence-corrected chi connectivity index (χ2v) is 6.23. The van der Waals surface area contributed by atoms with Crippen LogP contribution < -0.4 is 5.32 Å². The molecule has 0 aliphatic carbocycles. The van der Waals surface area contributed by atoms with Gasteiger partial charge in [-0.2, -0.15) is 4.98 Å². The number of piperidine rings is 1. The molecule has 2 saturated heterocycles. The Hall–Kier alpha value is -0.940. The van der Waals surface area contributed by atoms with Crippen molar-refractivity contribution in [2.45, 2.75) is 51.6 Å². The molecule has 5 nitrogen and oxygen atoms in total. The van der Waals surface area contributed by atoms with Crippen molar-refractivity contribution in [2.24, 2.45) is 11.8 Å². The van der Waals surface area contributed by atoms with Crippen LogP contribution in [-0.4, -0.2) is 35.9 Å². The molecular formula is C15H25N3O2. The van der Waals surface area contributed by atoms with Crippen molar-refractivity contribution in [3.05, 3.63) is 11.7 Å². The van der Waals surface area contributed by atoms with Gasteiger partial charge in [-0.3, -0.25) is 0 Å². The van der Waals surface area contributed by atoms with Crippen molar-refractivity contribution in [1.29, 1.82) is 0 Å². The first-order valence-electron chi connectivity index (χ1n) is 7.95. The van der Waals surface area contributed by atoms with Gasteiger partial charge in [-0.25, -0.2) is 0 Å². The smallest absolute Gasteiger partial charge is 0.226 e. The zero-order chi connectivity index (χ0) is 13.8. The van der Waals surface area contributed by atoms with Crippen LogP contribution in [0.3, 0.4) is 0 Å².